The SMILES string of the molecule is CS(=O)(=O)Nc1cc(Cn2nnnc2S)c(O)c(NS(C)(=O)=O)c1. The number of rotatable bonds is 6. The Morgan fingerprint density at radius 2 is 1.79 bits per heavy atom. The zero-order valence-electron chi connectivity index (χ0n) is 12.5. The zero-order chi connectivity index (χ0) is 18.1. The van der Waals surface area contributed by atoms with Gasteiger partial charge in [-0.3, -0.25) is 9.44 Å². The quantitative estimate of drug-likeness (QED) is 0.289. The van der Waals surface area contributed by atoms with Crippen LogP contribution in [0.2, 0.25) is 0 Å². The lowest BCUT2D eigenvalue weighted by Gasteiger charge is -2.14. The highest BCUT2D eigenvalue weighted by Gasteiger charge is 2.16. The largest absolute Gasteiger partial charge is 0.505 e. The summed E-state index contributed by atoms with van der Waals surface area (Å²) in [5, 5.41) is 21.0. The van der Waals surface area contributed by atoms with Crippen molar-refractivity contribution < 1.29 is 21.9 Å². The monoisotopic (exact) mass is 394 g/mol. The van der Waals surface area contributed by atoms with Crippen molar-refractivity contribution in [3.63, 3.8) is 0 Å². The minimum atomic E-state index is -3.70. The molecule has 0 aliphatic heterocycles. The van der Waals surface area contributed by atoms with Gasteiger partial charge >= 0.3 is 0 Å². The van der Waals surface area contributed by atoms with E-state index in [9.17, 15) is 21.9 Å². The Hall–Kier alpha value is -2.06. The van der Waals surface area contributed by atoms with Crippen molar-refractivity contribution in [1.29, 1.82) is 0 Å². The van der Waals surface area contributed by atoms with Crippen molar-refractivity contribution in [2.45, 2.75) is 11.7 Å². The maximum atomic E-state index is 11.4. The Balaban J connectivity index is 2.53. The number of nitrogens with zero attached hydrogens (tertiary/aromatic N) is 4. The van der Waals surface area contributed by atoms with Crippen LogP contribution in [-0.4, -0.2) is 54.7 Å². The minimum absolute atomic E-state index is 0.0601. The summed E-state index contributed by atoms with van der Waals surface area (Å²) in [4.78, 5) is 0. The fourth-order valence-electron chi connectivity index (χ4n) is 1.83. The van der Waals surface area contributed by atoms with Gasteiger partial charge in [-0.25, -0.2) is 21.5 Å². The van der Waals surface area contributed by atoms with E-state index in [1.165, 1.54) is 10.7 Å². The molecule has 0 unspecified atom stereocenters. The average Bonchev–Trinajstić information content (AvgIpc) is 2.77. The summed E-state index contributed by atoms with van der Waals surface area (Å²) in [7, 11) is -7.31. The third kappa shape index (κ3) is 4.97. The summed E-state index contributed by atoms with van der Waals surface area (Å²) in [5.74, 6) is -0.386. The lowest BCUT2D eigenvalue weighted by molar-refractivity contribution is 0.463. The molecular formula is C10H14N6O5S3. The molecule has 11 nitrogen and oxygen atoms in total. The number of thiol groups is 1. The van der Waals surface area contributed by atoms with Gasteiger partial charge in [-0.1, -0.05) is 0 Å². The van der Waals surface area contributed by atoms with E-state index in [1.54, 1.807) is 0 Å². The third-order valence-electron chi connectivity index (χ3n) is 2.62. The molecule has 1 aromatic carbocycles. The number of sulfonamides is 2. The van der Waals surface area contributed by atoms with Crippen LogP contribution in [0.3, 0.4) is 0 Å². The average molecular weight is 394 g/mol. The summed E-state index contributed by atoms with van der Waals surface area (Å²) < 4.78 is 51.2. The number of anilines is 2. The predicted molar refractivity (Wildman–Crippen MR) is 89.2 cm³/mol. The number of benzene rings is 1. The number of tetrazole rings is 1. The molecule has 0 atom stereocenters. The van der Waals surface area contributed by atoms with E-state index >= 15 is 0 Å². The van der Waals surface area contributed by atoms with Crippen molar-refractivity contribution in [3.8, 4) is 5.75 Å². The van der Waals surface area contributed by atoms with Gasteiger partial charge in [0, 0.05) is 5.56 Å². The summed E-state index contributed by atoms with van der Waals surface area (Å²) in [6.07, 6.45) is 1.84. The fourth-order valence-corrected chi connectivity index (χ4v) is 3.08. The van der Waals surface area contributed by atoms with Crippen LogP contribution in [0.25, 0.3) is 0 Å². The van der Waals surface area contributed by atoms with E-state index < -0.39 is 20.0 Å². The van der Waals surface area contributed by atoms with Gasteiger partial charge in [0.1, 0.15) is 5.75 Å². The lowest BCUT2D eigenvalue weighted by atomic mass is 10.1. The topological polar surface area (TPSA) is 156 Å². The van der Waals surface area contributed by atoms with Crippen molar-refractivity contribution in [1.82, 2.24) is 20.2 Å². The first-order valence-electron chi connectivity index (χ1n) is 6.21. The van der Waals surface area contributed by atoms with Crippen LogP contribution in [0.5, 0.6) is 5.75 Å². The number of hydrogen-bond acceptors (Lipinski definition) is 9. The maximum absolute atomic E-state index is 11.4. The highest BCUT2D eigenvalue weighted by molar-refractivity contribution is 7.92. The molecule has 24 heavy (non-hydrogen) atoms. The molecule has 1 heterocycles. The van der Waals surface area contributed by atoms with E-state index in [1.807, 2.05) is 0 Å². The molecule has 2 rings (SSSR count). The molecule has 132 valence electrons. The molecule has 1 aromatic heterocycles. The first-order valence-corrected chi connectivity index (χ1v) is 10.4. The number of aromatic hydroxyl groups is 1. The Morgan fingerprint density at radius 3 is 2.29 bits per heavy atom. The van der Waals surface area contributed by atoms with E-state index in [4.69, 9.17) is 0 Å². The molecule has 0 fully saturated rings. The van der Waals surface area contributed by atoms with Crippen LogP contribution in [0.15, 0.2) is 17.3 Å². The standard InChI is InChI=1S/C10H14N6O5S3/c1-23(18,19)12-7-3-6(5-16-10(22)11-14-15-16)9(17)8(4-7)13-24(2,20)21/h3-4,12-13,17H,5H2,1-2H3,(H,11,15,22). The number of nitrogens with one attached hydrogen (secondary N) is 2. The highest BCUT2D eigenvalue weighted by Crippen LogP contribution is 2.33. The van der Waals surface area contributed by atoms with Gasteiger partial charge in [0.25, 0.3) is 0 Å². The molecule has 0 radical (unpaired) electrons. The molecule has 0 aliphatic rings. The van der Waals surface area contributed by atoms with Crippen molar-refractivity contribution in [3.05, 3.63) is 17.7 Å². The van der Waals surface area contributed by atoms with Gasteiger partial charge in [0.2, 0.25) is 25.2 Å². The van der Waals surface area contributed by atoms with Crippen LogP contribution < -0.4 is 9.44 Å². The van der Waals surface area contributed by atoms with Gasteiger partial charge in [-0.15, -0.1) is 17.7 Å². The minimum Gasteiger partial charge on any atom is -0.505 e. The molecule has 0 bridgehead atoms. The Bertz CT molecular complexity index is 969. The molecule has 0 saturated carbocycles. The normalized spacial score (nSPS) is 12.1. The van der Waals surface area contributed by atoms with E-state index in [0.29, 0.717) is 0 Å². The van der Waals surface area contributed by atoms with E-state index in [-0.39, 0.29) is 34.4 Å². The van der Waals surface area contributed by atoms with Crippen molar-refractivity contribution >= 4 is 44.1 Å². The number of phenolic OH excluding ortho intramolecular Hbond substituents is 1. The summed E-state index contributed by atoms with van der Waals surface area (Å²) >= 11 is 4.03. The van der Waals surface area contributed by atoms with Crippen LogP contribution in [-0.2, 0) is 26.6 Å². The summed E-state index contributed by atoms with van der Waals surface area (Å²) in [6.45, 7) is -0.0601. The third-order valence-corrected chi connectivity index (χ3v) is 4.14. The molecule has 2 aromatic rings. The predicted octanol–water partition coefficient (Wildman–Crippen LogP) is -0.541. The van der Waals surface area contributed by atoms with Gasteiger partial charge in [-0.2, -0.15) is 0 Å². The van der Waals surface area contributed by atoms with Gasteiger partial charge in [0.05, 0.1) is 30.4 Å². The molecular weight excluding hydrogens is 380 g/mol. The van der Waals surface area contributed by atoms with Crippen molar-refractivity contribution in [2.24, 2.45) is 0 Å². The Kier molecular flexibility index (Phi) is 4.91. The van der Waals surface area contributed by atoms with Crippen molar-refractivity contribution in [2.75, 3.05) is 22.0 Å². The van der Waals surface area contributed by atoms with Crippen LogP contribution in [0, 0.1) is 0 Å². The maximum Gasteiger partial charge on any atom is 0.229 e. The molecule has 3 N–H and O–H groups in total. The first-order chi connectivity index (χ1) is 10.9. The second kappa shape index (κ2) is 6.45. The van der Waals surface area contributed by atoms with Crippen LogP contribution in [0.1, 0.15) is 5.56 Å². The van der Waals surface area contributed by atoms with Crippen LogP contribution >= 0.6 is 12.6 Å². The number of phenols is 1. The Labute approximate surface area is 143 Å². The van der Waals surface area contributed by atoms with Gasteiger partial charge in [0.15, 0.2) is 0 Å². The van der Waals surface area contributed by atoms with E-state index in [0.717, 1.165) is 18.6 Å². The lowest BCUT2D eigenvalue weighted by Crippen LogP contribution is -2.14. The fraction of sp³-hybridized carbons (Fsp3) is 0.300. The molecule has 0 saturated heterocycles. The Morgan fingerprint density at radius 1 is 1.17 bits per heavy atom. The first kappa shape index (κ1) is 18.3. The second-order valence-corrected chi connectivity index (χ2v) is 8.81. The van der Waals surface area contributed by atoms with Gasteiger partial charge in [-0.05, 0) is 22.6 Å². The highest BCUT2D eigenvalue weighted by atomic mass is 32.2. The van der Waals surface area contributed by atoms with Gasteiger partial charge < -0.3 is 5.11 Å². The summed E-state index contributed by atoms with van der Waals surface area (Å²) in [6, 6.07) is 2.49. The molecule has 0 amide bonds. The smallest absolute Gasteiger partial charge is 0.229 e. The molecule has 14 heteroatoms. The van der Waals surface area contributed by atoms with Crippen LogP contribution in [0.4, 0.5) is 11.4 Å². The number of hydrogen-bond donors (Lipinski definition) is 4. The number of aromatic nitrogens is 4. The summed E-state index contributed by atoms with van der Waals surface area (Å²) in [5.41, 5.74) is 0.0533. The molecule has 0 aliphatic carbocycles. The second-order valence-electron chi connectivity index (χ2n) is 4.92. The molecule has 0 spiro atoms. The zero-order valence-corrected chi connectivity index (χ0v) is 15.0. The van der Waals surface area contributed by atoms with E-state index in [2.05, 4.69) is 37.6 Å².